The monoisotopic (exact) mass is 516 g/mol. The maximum atomic E-state index is 5.47. The van der Waals surface area contributed by atoms with Crippen molar-refractivity contribution in [2.24, 2.45) is 4.99 Å². The summed E-state index contributed by atoms with van der Waals surface area (Å²) in [6, 6.07) is 10.6. The first-order valence-electron chi connectivity index (χ1n) is 9.20. The number of halogens is 1. The molecule has 3 rings (SSSR count). The molecule has 0 radical (unpaired) electrons. The quantitative estimate of drug-likeness (QED) is 0.348. The van der Waals surface area contributed by atoms with E-state index in [1.165, 1.54) is 5.00 Å². The zero-order valence-corrected chi connectivity index (χ0v) is 19.8. The van der Waals surface area contributed by atoms with Gasteiger partial charge in [0.05, 0.1) is 19.2 Å². The van der Waals surface area contributed by atoms with E-state index < -0.39 is 0 Å². The molecule has 1 saturated heterocycles. The number of guanidine groups is 1. The van der Waals surface area contributed by atoms with Crippen molar-refractivity contribution >= 4 is 46.3 Å². The van der Waals surface area contributed by atoms with Crippen molar-refractivity contribution in [2.45, 2.75) is 25.4 Å². The van der Waals surface area contributed by atoms with Crippen LogP contribution in [0.25, 0.3) is 0 Å². The van der Waals surface area contributed by atoms with Crippen LogP contribution in [-0.2, 0) is 6.54 Å². The largest absolute Gasteiger partial charge is 0.497 e. The predicted octanol–water partition coefficient (Wildman–Crippen LogP) is 3.72. The van der Waals surface area contributed by atoms with Gasteiger partial charge in [0.2, 0.25) is 0 Å². The fourth-order valence-corrected chi connectivity index (χ4v) is 4.04. The molecule has 28 heavy (non-hydrogen) atoms. The van der Waals surface area contributed by atoms with Gasteiger partial charge in [0.1, 0.15) is 11.5 Å². The van der Waals surface area contributed by atoms with E-state index in [0.29, 0.717) is 12.6 Å². The smallest absolute Gasteiger partial charge is 0.191 e. The van der Waals surface area contributed by atoms with Crippen LogP contribution >= 0.6 is 35.3 Å². The molecule has 0 unspecified atom stereocenters. The molecule has 0 atom stereocenters. The Balaban J connectivity index is 0.00000280. The molecule has 2 heterocycles. The summed E-state index contributed by atoms with van der Waals surface area (Å²) in [5.41, 5.74) is 1.06. The van der Waals surface area contributed by atoms with Gasteiger partial charge in [-0.25, -0.2) is 0 Å². The number of hydrogen-bond acceptors (Lipinski definition) is 5. The number of anilines is 1. The summed E-state index contributed by atoms with van der Waals surface area (Å²) in [6.07, 6.45) is 2.20. The summed E-state index contributed by atoms with van der Waals surface area (Å²) in [5, 5.41) is 10.4. The summed E-state index contributed by atoms with van der Waals surface area (Å²) in [4.78, 5) is 6.83. The summed E-state index contributed by atoms with van der Waals surface area (Å²) >= 11 is 1.81. The van der Waals surface area contributed by atoms with Gasteiger partial charge in [0.15, 0.2) is 5.96 Å². The van der Waals surface area contributed by atoms with Crippen LogP contribution in [0.2, 0.25) is 0 Å². The van der Waals surface area contributed by atoms with Crippen molar-refractivity contribution < 1.29 is 9.47 Å². The highest BCUT2D eigenvalue weighted by molar-refractivity contribution is 14.0. The highest BCUT2D eigenvalue weighted by Gasteiger charge is 2.20. The van der Waals surface area contributed by atoms with Gasteiger partial charge in [-0.05, 0) is 42.5 Å². The van der Waals surface area contributed by atoms with E-state index in [9.17, 15) is 0 Å². The molecular weight excluding hydrogens is 487 g/mol. The van der Waals surface area contributed by atoms with Crippen LogP contribution in [-0.4, -0.2) is 46.4 Å². The maximum absolute atomic E-state index is 5.47. The average molecular weight is 516 g/mol. The molecule has 0 spiro atoms. The van der Waals surface area contributed by atoms with Gasteiger partial charge >= 0.3 is 0 Å². The Morgan fingerprint density at radius 2 is 2.00 bits per heavy atom. The number of nitrogens with zero attached hydrogens (tertiary/aromatic N) is 2. The van der Waals surface area contributed by atoms with Gasteiger partial charge in [-0.1, -0.05) is 0 Å². The lowest BCUT2D eigenvalue weighted by atomic mass is 10.1. The molecule has 1 aliphatic heterocycles. The second kappa shape index (κ2) is 11.4. The number of thiophene rings is 1. The van der Waals surface area contributed by atoms with Crippen molar-refractivity contribution in [3.63, 3.8) is 0 Å². The number of aliphatic imine (C=N–C) groups is 1. The molecule has 1 aromatic heterocycles. The van der Waals surface area contributed by atoms with Crippen molar-refractivity contribution in [2.75, 3.05) is 39.3 Å². The second-order valence-corrected chi connectivity index (χ2v) is 7.39. The lowest BCUT2D eigenvalue weighted by Crippen LogP contribution is -2.48. The average Bonchev–Trinajstić information content (AvgIpc) is 3.26. The Morgan fingerprint density at radius 3 is 2.61 bits per heavy atom. The zero-order valence-electron chi connectivity index (χ0n) is 16.6. The third-order valence-corrected chi connectivity index (χ3v) is 5.75. The Bertz CT molecular complexity index is 747. The van der Waals surface area contributed by atoms with Crippen LogP contribution in [0.4, 0.5) is 5.00 Å². The van der Waals surface area contributed by atoms with Gasteiger partial charge in [-0.15, -0.1) is 35.3 Å². The Kier molecular flexibility index (Phi) is 9.17. The molecule has 1 fully saturated rings. The van der Waals surface area contributed by atoms with Crippen LogP contribution in [0.5, 0.6) is 11.5 Å². The normalized spacial score (nSPS) is 15.0. The molecule has 6 nitrogen and oxygen atoms in total. The molecule has 0 bridgehead atoms. The molecule has 2 aromatic rings. The first kappa shape index (κ1) is 22.6. The molecule has 2 N–H and O–H groups in total. The molecular formula is C20H29IN4O2S. The zero-order chi connectivity index (χ0) is 19.1. The van der Waals surface area contributed by atoms with Crippen molar-refractivity contribution in [3.8, 4) is 11.5 Å². The number of ether oxygens (including phenoxy) is 2. The first-order chi connectivity index (χ1) is 13.2. The first-order valence-corrected chi connectivity index (χ1v) is 10.1. The summed E-state index contributed by atoms with van der Waals surface area (Å²) in [7, 11) is 5.14. The van der Waals surface area contributed by atoms with E-state index in [4.69, 9.17) is 9.47 Å². The van der Waals surface area contributed by atoms with E-state index >= 15 is 0 Å². The number of rotatable bonds is 6. The van der Waals surface area contributed by atoms with Crippen LogP contribution in [0.1, 0.15) is 18.4 Å². The van der Waals surface area contributed by atoms with Gasteiger partial charge in [0, 0.05) is 44.4 Å². The number of hydrogen-bond donors (Lipinski definition) is 2. The third-order valence-electron chi connectivity index (χ3n) is 4.82. The van der Waals surface area contributed by atoms with Crippen molar-refractivity contribution in [1.82, 2.24) is 10.6 Å². The van der Waals surface area contributed by atoms with Gasteiger partial charge < -0.3 is 25.0 Å². The minimum absolute atomic E-state index is 0. The SMILES string of the molecule is CN=C(NCc1ccc(OC)cc1OC)NC1CCN(c2cccs2)CC1.I. The number of methoxy groups -OCH3 is 2. The van der Waals surface area contributed by atoms with E-state index in [0.717, 1.165) is 49.0 Å². The lowest BCUT2D eigenvalue weighted by Gasteiger charge is -2.33. The second-order valence-electron chi connectivity index (χ2n) is 6.46. The van der Waals surface area contributed by atoms with E-state index in [-0.39, 0.29) is 24.0 Å². The van der Waals surface area contributed by atoms with Gasteiger partial charge in [-0.3, -0.25) is 4.99 Å². The molecule has 0 amide bonds. The lowest BCUT2D eigenvalue weighted by molar-refractivity contribution is 0.390. The van der Waals surface area contributed by atoms with E-state index in [1.54, 1.807) is 21.3 Å². The van der Waals surface area contributed by atoms with Crippen molar-refractivity contribution in [3.05, 3.63) is 41.3 Å². The van der Waals surface area contributed by atoms with Gasteiger partial charge in [0.25, 0.3) is 0 Å². The third kappa shape index (κ3) is 5.91. The van der Waals surface area contributed by atoms with Crippen LogP contribution < -0.4 is 25.0 Å². The number of piperidine rings is 1. The van der Waals surface area contributed by atoms with Gasteiger partial charge in [-0.2, -0.15) is 0 Å². The molecule has 1 aliphatic rings. The highest BCUT2D eigenvalue weighted by atomic mass is 127. The molecule has 8 heteroatoms. The van der Waals surface area contributed by atoms with E-state index in [2.05, 4.69) is 38.0 Å². The van der Waals surface area contributed by atoms with Crippen LogP contribution in [0.15, 0.2) is 40.7 Å². The molecule has 0 saturated carbocycles. The predicted molar refractivity (Wildman–Crippen MR) is 128 cm³/mol. The summed E-state index contributed by atoms with van der Waals surface area (Å²) < 4.78 is 10.7. The maximum Gasteiger partial charge on any atom is 0.191 e. The Labute approximate surface area is 188 Å². The van der Waals surface area contributed by atoms with Crippen LogP contribution in [0, 0.1) is 0 Å². The molecule has 1 aromatic carbocycles. The Hall–Kier alpha value is -1.68. The number of nitrogens with one attached hydrogen (secondary N) is 2. The topological polar surface area (TPSA) is 58.1 Å². The Morgan fingerprint density at radius 1 is 1.21 bits per heavy atom. The van der Waals surface area contributed by atoms with Crippen molar-refractivity contribution in [1.29, 1.82) is 0 Å². The van der Waals surface area contributed by atoms with E-state index in [1.807, 2.05) is 29.5 Å². The molecule has 0 aliphatic carbocycles. The molecule has 154 valence electrons. The fourth-order valence-electron chi connectivity index (χ4n) is 3.26. The number of benzene rings is 1. The standard InChI is InChI=1S/C20H28N4O2S.HI/c1-21-20(22-14-15-6-7-17(25-2)13-18(15)26-3)23-16-8-10-24(11-9-16)19-5-4-12-27-19;/h4-7,12-13,16H,8-11,14H2,1-3H3,(H2,21,22,23);1H. The summed E-state index contributed by atoms with van der Waals surface area (Å²) in [5.74, 6) is 2.42. The fraction of sp³-hybridized carbons (Fsp3) is 0.450. The minimum atomic E-state index is 0. The van der Waals surface area contributed by atoms with Crippen LogP contribution in [0.3, 0.4) is 0 Å². The minimum Gasteiger partial charge on any atom is -0.497 e. The highest BCUT2D eigenvalue weighted by Crippen LogP contribution is 2.25. The summed E-state index contributed by atoms with van der Waals surface area (Å²) in [6.45, 7) is 2.78.